The average molecular weight is 408 g/mol. The summed E-state index contributed by atoms with van der Waals surface area (Å²) >= 11 is 0. The summed E-state index contributed by atoms with van der Waals surface area (Å²) in [7, 11) is -2.05. The van der Waals surface area contributed by atoms with Crippen LogP contribution in [0.4, 0.5) is 14.9 Å². The molecule has 28 heavy (non-hydrogen) atoms. The van der Waals surface area contributed by atoms with Gasteiger partial charge in [-0.1, -0.05) is 6.07 Å². The van der Waals surface area contributed by atoms with Gasteiger partial charge < -0.3 is 10.2 Å². The molecule has 2 heterocycles. The van der Waals surface area contributed by atoms with Crippen molar-refractivity contribution in [1.29, 1.82) is 0 Å². The van der Waals surface area contributed by atoms with Crippen molar-refractivity contribution in [3.63, 3.8) is 0 Å². The van der Waals surface area contributed by atoms with Crippen molar-refractivity contribution in [1.82, 2.24) is 13.8 Å². The lowest BCUT2D eigenvalue weighted by atomic mass is 10.2. The van der Waals surface area contributed by atoms with E-state index in [0.29, 0.717) is 25.1 Å². The minimum Gasteiger partial charge on any atom is -0.308 e. The number of halogens is 1. The molecule has 8 nitrogen and oxygen atoms in total. The number of nitrogens with zero attached hydrogens (tertiary/aromatic N) is 3. The molecule has 1 fully saturated rings. The van der Waals surface area contributed by atoms with Gasteiger partial charge in [0.15, 0.2) is 0 Å². The van der Waals surface area contributed by atoms with Crippen LogP contribution in [0.25, 0.3) is 5.69 Å². The number of amides is 2. The van der Waals surface area contributed by atoms with Crippen molar-refractivity contribution in [3.8, 4) is 5.69 Å². The fraction of sp³-hybridized carbons (Fsp3) is 0.333. The lowest BCUT2D eigenvalue weighted by Gasteiger charge is -2.30. The lowest BCUT2D eigenvalue weighted by molar-refractivity contribution is 0.170. The molecule has 10 heteroatoms. The Morgan fingerprint density at radius 2 is 2.04 bits per heavy atom. The van der Waals surface area contributed by atoms with Gasteiger partial charge in [0, 0.05) is 31.9 Å². The Morgan fingerprint density at radius 3 is 2.68 bits per heavy atom. The molecule has 0 bridgehead atoms. The maximum Gasteiger partial charge on any atom is 0.323 e. The molecule has 1 aliphatic rings. The number of rotatable bonds is 4. The number of hydrogen-bond acceptors (Lipinski definition) is 4. The molecule has 1 aromatic carbocycles. The van der Waals surface area contributed by atoms with Crippen molar-refractivity contribution in [3.05, 3.63) is 58.8 Å². The summed E-state index contributed by atoms with van der Waals surface area (Å²) in [6.45, 7) is 0.371. The molecule has 0 spiro atoms. The first kappa shape index (κ1) is 20.0. The van der Waals surface area contributed by atoms with E-state index in [-0.39, 0.29) is 11.2 Å². The molecule has 2 amide bonds. The number of anilines is 1. The molecule has 3 rings (SSSR count). The Balaban J connectivity index is 1.79. The van der Waals surface area contributed by atoms with Gasteiger partial charge in [-0.25, -0.2) is 17.6 Å². The second-order valence-electron chi connectivity index (χ2n) is 6.60. The number of urea groups is 1. The molecule has 0 saturated carbocycles. The molecular weight excluding hydrogens is 387 g/mol. The van der Waals surface area contributed by atoms with Crippen LogP contribution in [0.15, 0.2) is 47.4 Å². The van der Waals surface area contributed by atoms with Gasteiger partial charge in [0.2, 0.25) is 10.0 Å². The Labute approximate surface area is 162 Å². The second kappa shape index (κ2) is 7.72. The Hall–Kier alpha value is -2.72. The van der Waals surface area contributed by atoms with Gasteiger partial charge in [0.05, 0.1) is 17.6 Å². The predicted molar refractivity (Wildman–Crippen MR) is 103 cm³/mol. The van der Waals surface area contributed by atoms with Crippen LogP contribution in [-0.4, -0.2) is 54.2 Å². The molecular formula is C18H21FN4O4S. The minimum absolute atomic E-state index is 0.0506. The van der Waals surface area contributed by atoms with E-state index in [1.54, 1.807) is 12.1 Å². The van der Waals surface area contributed by atoms with E-state index < -0.39 is 28.0 Å². The first-order valence-electron chi connectivity index (χ1n) is 8.67. The summed E-state index contributed by atoms with van der Waals surface area (Å²) in [6.07, 6.45) is 3.14. The van der Waals surface area contributed by atoms with Crippen LogP contribution in [0.2, 0.25) is 0 Å². The van der Waals surface area contributed by atoms with Crippen molar-refractivity contribution in [2.24, 2.45) is 0 Å². The van der Waals surface area contributed by atoms with Crippen LogP contribution in [0.5, 0.6) is 0 Å². The Morgan fingerprint density at radius 1 is 1.29 bits per heavy atom. The molecule has 0 aliphatic carbocycles. The lowest BCUT2D eigenvalue weighted by Crippen LogP contribution is -2.49. The molecule has 1 N–H and O–H groups in total. The molecule has 1 saturated heterocycles. The van der Waals surface area contributed by atoms with Crippen LogP contribution >= 0.6 is 0 Å². The molecule has 150 valence electrons. The van der Waals surface area contributed by atoms with Gasteiger partial charge in [-0.05, 0) is 31.0 Å². The van der Waals surface area contributed by atoms with E-state index in [4.69, 9.17) is 0 Å². The molecule has 1 aliphatic heterocycles. The monoisotopic (exact) mass is 408 g/mol. The van der Waals surface area contributed by atoms with Crippen LogP contribution in [-0.2, 0) is 10.0 Å². The number of aromatic nitrogens is 1. The van der Waals surface area contributed by atoms with E-state index in [0.717, 1.165) is 16.6 Å². The topological polar surface area (TPSA) is 91.7 Å². The summed E-state index contributed by atoms with van der Waals surface area (Å²) in [5.74, 6) is -0.700. The summed E-state index contributed by atoms with van der Waals surface area (Å²) in [6, 6.07) is 8.06. The predicted octanol–water partition coefficient (Wildman–Crippen LogP) is 1.82. The quantitative estimate of drug-likeness (QED) is 0.835. The van der Waals surface area contributed by atoms with Crippen LogP contribution in [0, 0.1) is 5.82 Å². The number of benzene rings is 1. The molecule has 1 aromatic heterocycles. The number of carbonyl (C=O) groups is 1. The SMILES string of the molecule is CN(C1CCCN1C(=O)Nc1ccc(-n2ccccc2=O)cc1F)S(C)(=O)=O. The molecule has 0 radical (unpaired) electrons. The van der Waals surface area contributed by atoms with E-state index in [1.807, 2.05) is 0 Å². The number of nitrogens with one attached hydrogen (secondary N) is 1. The molecule has 2 aromatic rings. The zero-order chi connectivity index (χ0) is 20.5. The van der Waals surface area contributed by atoms with Gasteiger partial charge in [-0.3, -0.25) is 9.36 Å². The highest BCUT2D eigenvalue weighted by Gasteiger charge is 2.35. The molecule has 1 atom stereocenters. The van der Waals surface area contributed by atoms with Gasteiger partial charge in [-0.2, -0.15) is 4.31 Å². The van der Waals surface area contributed by atoms with Crippen molar-refractivity contribution in [2.45, 2.75) is 19.0 Å². The average Bonchev–Trinajstić information content (AvgIpc) is 3.12. The smallest absolute Gasteiger partial charge is 0.308 e. The van der Waals surface area contributed by atoms with E-state index in [1.165, 1.54) is 40.9 Å². The third-order valence-corrected chi connectivity index (χ3v) is 6.01. The Kier molecular flexibility index (Phi) is 5.52. The van der Waals surface area contributed by atoms with Crippen LogP contribution in [0.3, 0.4) is 0 Å². The maximum absolute atomic E-state index is 14.5. The van der Waals surface area contributed by atoms with Gasteiger partial charge in [-0.15, -0.1) is 0 Å². The van der Waals surface area contributed by atoms with E-state index in [2.05, 4.69) is 5.32 Å². The van der Waals surface area contributed by atoms with E-state index in [9.17, 15) is 22.4 Å². The second-order valence-corrected chi connectivity index (χ2v) is 8.64. The zero-order valence-corrected chi connectivity index (χ0v) is 16.3. The van der Waals surface area contributed by atoms with Crippen molar-refractivity contribution < 1.29 is 17.6 Å². The summed E-state index contributed by atoms with van der Waals surface area (Å²) < 4.78 is 40.5. The maximum atomic E-state index is 14.5. The molecule has 1 unspecified atom stereocenters. The number of carbonyl (C=O) groups excluding carboxylic acids is 1. The normalized spacial score (nSPS) is 17.1. The standard InChI is InChI=1S/C18H21FN4O4S/c1-21(28(2,26)27)16-6-5-11-23(16)18(25)20-15-9-8-13(12-14(15)19)22-10-4-3-7-17(22)24/h3-4,7-10,12,16H,5-6,11H2,1-2H3,(H,20,25). The first-order chi connectivity index (χ1) is 13.2. The summed E-state index contributed by atoms with van der Waals surface area (Å²) in [5.41, 5.74) is -0.0234. The third kappa shape index (κ3) is 4.07. The number of likely N-dealkylation sites (tertiary alicyclic amines) is 1. The summed E-state index contributed by atoms with van der Waals surface area (Å²) in [4.78, 5) is 25.8. The first-order valence-corrected chi connectivity index (χ1v) is 10.5. The summed E-state index contributed by atoms with van der Waals surface area (Å²) in [5, 5.41) is 2.48. The zero-order valence-electron chi connectivity index (χ0n) is 15.5. The minimum atomic E-state index is -3.47. The van der Waals surface area contributed by atoms with Crippen LogP contribution in [0.1, 0.15) is 12.8 Å². The highest BCUT2D eigenvalue weighted by molar-refractivity contribution is 7.88. The number of sulfonamides is 1. The van der Waals surface area contributed by atoms with Crippen molar-refractivity contribution >= 4 is 21.7 Å². The van der Waals surface area contributed by atoms with Gasteiger partial charge in [0.1, 0.15) is 12.0 Å². The fourth-order valence-corrected chi connectivity index (χ4v) is 3.83. The number of hydrogen-bond donors (Lipinski definition) is 1. The van der Waals surface area contributed by atoms with E-state index >= 15 is 0 Å². The van der Waals surface area contributed by atoms with Gasteiger partial charge >= 0.3 is 6.03 Å². The largest absolute Gasteiger partial charge is 0.323 e. The Bertz CT molecular complexity index is 1050. The number of pyridine rings is 1. The highest BCUT2D eigenvalue weighted by Crippen LogP contribution is 2.24. The fourth-order valence-electron chi connectivity index (χ4n) is 3.17. The van der Waals surface area contributed by atoms with Gasteiger partial charge in [0.25, 0.3) is 5.56 Å². The third-order valence-electron chi connectivity index (χ3n) is 4.72. The van der Waals surface area contributed by atoms with Crippen LogP contribution < -0.4 is 10.9 Å². The van der Waals surface area contributed by atoms with Crippen molar-refractivity contribution in [2.75, 3.05) is 25.2 Å². The highest BCUT2D eigenvalue weighted by atomic mass is 32.2.